The number of aromatic nitrogens is 1. The fourth-order valence-corrected chi connectivity index (χ4v) is 1.12. The monoisotopic (exact) mass is 199 g/mol. The zero-order valence-electron chi connectivity index (χ0n) is 8.40. The number of aliphatic hydroxyl groups excluding tert-OH is 1. The van der Waals surface area contributed by atoms with Gasteiger partial charge in [-0.1, -0.05) is 5.16 Å². The molecule has 1 atom stereocenters. The van der Waals surface area contributed by atoms with E-state index in [1.807, 2.05) is 0 Å². The molecule has 0 saturated carbocycles. The van der Waals surface area contributed by atoms with E-state index in [1.165, 1.54) is 6.92 Å². The van der Waals surface area contributed by atoms with Gasteiger partial charge in [-0.15, -0.1) is 0 Å². The molecule has 0 spiro atoms. The van der Waals surface area contributed by atoms with Gasteiger partial charge in [0.25, 0.3) is 0 Å². The van der Waals surface area contributed by atoms with E-state index in [2.05, 4.69) is 5.16 Å². The number of esters is 1. The SMILES string of the molecule is CCOC(=O)c1c(C)noc1C(C)O. The van der Waals surface area contributed by atoms with Gasteiger partial charge in [-0.25, -0.2) is 4.79 Å². The van der Waals surface area contributed by atoms with E-state index in [9.17, 15) is 9.90 Å². The molecule has 1 aromatic rings. The molecule has 1 N–H and O–H groups in total. The van der Waals surface area contributed by atoms with E-state index in [4.69, 9.17) is 9.26 Å². The van der Waals surface area contributed by atoms with E-state index in [1.54, 1.807) is 13.8 Å². The van der Waals surface area contributed by atoms with E-state index in [-0.39, 0.29) is 17.9 Å². The predicted octanol–water partition coefficient (Wildman–Crippen LogP) is 1.21. The molecule has 0 bridgehead atoms. The van der Waals surface area contributed by atoms with Gasteiger partial charge in [0.2, 0.25) is 0 Å². The molecule has 0 aromatic carbocycles. The van der Waals surface area contributed by atoms with Crippen molar-refractivity contribution < 1.29 is 19.2 Å². The summed E-state index contributed by atoms with van der Waals surface area (Å²) in [5.41, 5.74) is 0.654. The first-order valence-electron chi connectivity index (χ1n) is 4.39. The molecule has 0 aliphatic carbocycles. The van der Waals surface area contributed by atoms with E-state index in [0.717, 1.165) is 0 Å². The number of ether oxygens (including phenoxy) is 1. The summed E-state index contributed by atoms with van der Waals surface area (Å²) in [6, 6.07) is 0. The summed E-state index contributed by atoms with van der Waals surface area (Å²) in [4.78, 5) is 11.4. The molecule has 0 fully saturated rings. The molecule has 1 heterocycles. The lowest BCUT2D eigenvalue weighted by Crippen LogP contribution is -2.09. The summed E-state index contributed by atoms with van der Waals surface area (Å²) in [5, 5.41) is 12.9. The van der Waals surface area contributed by atoms with Crippen LogP contribution in [-0.4, -0.2) is 22.8 Å². The molecule has 0 radical (unpaired) electrons. The normalized spacial score (nSPS) is 12.6. The number of rotatable bonds is 3. The van der Waals surface area contributed by atoms with E-state index in [0.29, 0.717) is 5.69 Å². The lowest BCUT2D eigenvalue weighted by Gasteiger charge is -2.03. The number of hydrogen-bond donors (Lipinski definition) is 1. The summed E-state index contributed by atoms with van der Waals surface area (Å²) >= 11 is 0. The van der Waals surface area contributed by atoms with Crippen LogP contribution in [-0.2, 0) is 4.74 Å². The highest BCUT2D eigenvalue weighted by atomic mass is 16.5. The second kappa shape index (κ2) is 4.23. The Morgan fingerprint density at radius 2 is 2.36 bits per heavy atom. The van der Waals surface area contributed by atoms with Gasteiger partial charge in [-0.3, -0.25) is 0 Å². The summed E-state index contributed by atoms with van der Waals surface area (Å²) in [7, 11) is 0. The predicted molar refractivity (Wildman–Crippen MR) is 47.8 cm³/mol. The molecular weight excluding hydrogens is 186 g/mol. The average molecular weight is 199 g/mol. The van der Waals surface area contributed by atoms with Crippen molar-refractivity contribution in [1.82, 2.24) is 5.16 Å². The van der Waals surface area contributed by atoms with Crippen LogP contribution < -0.4 is 0 Å². The van der Waals surface area contributed by atoms with Crippen molar-refractivity contribution in [3.05, 3.63) is 17.0 Å². The van der Waals surface area contributed by atoms with Crippen molar-refractivity contribution in [2.45, 2.75) is 26.9 Å². The zero-order valence-corrected chi connectivity index (χ0v) is 8.40. The minimum absolute atomic E-state index is 0.154. The van der Waals surface area contributed by atoms with Gasteiger partial charge in [0, 0.05) is 0 Å². The number of nitrogens with zero attached hydrogens (tertiary/aromatic N) is 1. The Kier molecular flexibility index (Phi) is 3.24. The van der Waals surface area contributed by atoms with Crippen LogP contribution in [0.3, 0.4) is 0 Å². The maximum absolute atomic E-state index is 11.4. The number of aliphatic hydroxyl groups is 1. The van der Waals surface area contributed by atoms with Gasteiger partial charge in [0.05, 0.1) is 12.3 Å². The molecule has 0 aliphatic heterocycles. The second-order valence-corrected chi connectivity index (χ2v) is 2.90. The molecule has 0 amide bonds. The molecule has 14 heavy (non-hydrogen) atoms. The van der Waals surface area contributed by atoms with Crippen LogP contribution in [0.2, 0.25) is 0 Å². The first-order chi connectivity index (χ1) is 6.57. The maximum Gasteiger partial charge on any atom is 0.343 e. The number of aryl methyl sites for hydroxylation is 1. The highest BCUT2D eigenvalue weighted by Crippen LogP contribution is 2.21. The van der Waals surface area contributed by atoms with Gasteiger partial charge in [-0.2, -0.15) is 0 Å². The fourth-order valence-electron chi connectivity index (χ4n) is 1.12. The second-order valence-electron chi connectivity index (χ2n) is 2.90. The van der Waals surface area contributed by atoms with Gasteiger partial charge < -0.3 is 14.4 Å². The van der Waals surface area contributed by atoms with Gasteiger partial charge in [0.15, 0.2) is 5.76 Å². The van der Waals surface area contributed by atoms with Crippen LogP contribution in [0.15, 0.2) is 4.52 Å². The number of carbonyl (C=O) groups is 1. The molecular formula is C9H13NO4. The van der Waals surface area contributed by atoms with Gasteiger partial charge in [-0.05, 0) is 20.8 Å². The molecule has 78 valence electrons. The molecule has 1 unspecified atom stereocenters. The maximum atomic E-state index is 11.4. The van der Waals surface area contributed by atoms with Crippen molar-refractivity contribution in [1.29, 1.82) is 0 Å². The number of carbonyl (C=O) groups excluding carboxylic acids is 1. The van der Waals surface area contributed by atoms with E-state index < -0.39 is 12.1 Å². The quantitative estimate of drug-likeness (QED) is 0.741. The van der Waals surface area contributed by atoms with Crippen LogP contribution in [0, 0.1) is 6.92 Å². The Hall–Kier alpha value is -1.36. The molecule has 0 aliphatic rings. The lowest BCUT2D eigenvalue weighted by molar-refractivity contribution is 0.0514. The van der Waals surface area contributed by atoms with Gasteiger partial charge in [0.1, 0.15) is 11.7 Å². The van der Waals surface area contributed by atoms with Crippen molar-refractivity contribution in [3.8, 4) is 0 Å². The molecule has 5 heteroatoms. The molecule has 1 rings (SSSR count). The van der Waals surface area contributed by atoms with Crippen molar-refractivity contribution in [3.63, 3.8) is 0 Å². The van der Waals surface area contributed by atoms with Crippen molar-refractivity contribution >= 4 is 5.97 Å². The third-order valence-corrected chi connectivity index (χ3v) is 1.75. The van der Waals surface area contributed by atoms with Crippen LogP contribution in [0.5, 0.6) is 0 Å². The Morgan fingerprint density at radius 3 is 2.86 bits per heavy atom. The van der Waals surface area contributed by atoms with Crippen LogP contribution in [0.1, 0.15) is 41.8 Å². The minimum Gasteiger partial charge on any atom is -0.462 e. The standard InChI is InChI=1S/C9H13NO4/c1-4-13-9(12)7-5(2)10-14-8(7)6(3)11/h6,11H,4H2,1-3H3. The minimum atomic E-state index is -0.865. The lowest BCUT2D eigenvalue weighted by atomic mass is 10.1. The molecule has 1 aromatic heterocycles. The summed E-state index contributed by atoms with van der Waals surface area (Å²) in [6.45, 7) is 5.12. The third kappa shape index (κ3) is 1.93. The fraction of sp³-hybridized carbons (Fsp3) is 0.556. The Balaban J connectivity index is 3.04. The Morgan fingerprint density at radius 1 is 1.71 bits per heavy atom. The highest BCUT2D eigenvalue weighted by molar-refractivity contribution is 5.91. The van der Waals surface area contributed by atoms with Crippen LogP contribution in [0.4, 0.5) is 0 Å². The summed E-state index contributed by atoms with van der Waals surface area (Å²) in [5.74, 6) is -0.358. The average Bonchev–Trinajstić information content (AvgIpc) is 2.47. The smallest absolute Gasteiger partial charge is 0.343 e. The zero-order chi connectivity index (χ0) is 10.7. The largest absolute Gasteiger partial charge is 0.462 e. The molecule has 5 nitrogen and oxygen atoms in total. The summed E-state index contributed by atoms with van der Waals surface area (Å²) in [6.07, 6.45) is -0.865. The van der Waals surface area contributed by atoms with Crippen LogP contribution in [0.25, 0.3) is 0 Å². The Labute approximate surface area is 81.7 Å². The van der Waals surface area contributed by atoms with Crippen LogP contribution >= 0.6 is 0 Å². The van der Waals surface area contributed by atoms with Gasteiger partial charge >= 0.3 is 5.97 Å². The number of hydrogen-bond acceptors (Lipinski definition) is 5. The highest BCUT2D eigenvalue weighted by Gasteiger charge is 2.24. The first kappa shape index (κ1) is 10.7. The summed E-state index contributed by atoms with van der Waals surface area (Å²) < 4.78 is 9.63. The third-order valence-electron chi connectivity index (χ3n) is 1.75. The molecule has 0 saturated heterocycles. The van der Waals surface area contributed by atoms with E-state index >= 15 is 0 Å². The topological polar surface area (TPSA) is 72.6 Å². The van der Waals surface area contributed by atoms with Crippen molar-refractivity contribution in [2.75, 3.05) is 6.61 Å². The van der Waals surface area contributed by atoms with Crippen molar-refractivity contribution in [2.24, 2.45) is 0 Å². The first-order valence-corrected chi connectivity index (χ1v) is 4.39. The Bertz CT molecular complexity index is 330.